The summed E-state index contributed by atoms with van der Waals surface area (Å²) < 4.78 is 0. The lowest BCUT2D eigenvalue weighted by Gasteiger charge is -2.21. The third kappa shape index (κ3) is 4.39. The average Bonchev–Trinajstić information content (AvgIpc) is 3.22. The Morgan fingerprint density at radius 3 is 2.42 bits per heavy atom. The molecule has 4 heteroatoms. The number of carbonyl (C=O) groups is 2. The van der Waals surface area contributed by atoms with Crippen molar-refractivity contribution in [1.29, 1.82) is 0 Å². The molecule has 1 aliphatic carbocycles. The molecule has 0 unspecified atom stereocenters. The van der Waals surface area contributed by atoms with Crippen molar-refractivity contribution in [2.75, 3.05) is 6.54 Å². The molecule has 1 saturated carbocycles. The Morgan fingerprint density at radius 2 is 1.84 bits per heavy atom. The number of rotatable bonds is 7. The van der Waals surface area contributed by atoms with Crippen LogP contribution >= 0.6 is 0 Å². The summed E-state index contributed by atoms with van der Waals surface area (Å²) in [5.41, 5.74) is 1.14. The van der Waals surface area contributed by atoms with E-state index in [2.05, 4.69) is 0 Å². The van der Waals surface area contributed by atoms with Gasteiger partial charge in [0.15, 0.2) is 0 Å². The van der Waals surface area contributed by atoms with Crippen LogP contribution < -0.4 is 0 Å². The van der Waals surface area contributed by atoms with Crippen molar-refractivity contribution < 1.29 is 14.7 Å². The van der Waals surface area contributed by atoms with E-state index in [0.29, 0.717) is 13.0 Å². The van der Waals surface area contributed by atoms with Crippen LogP contribution in [0.5, 0.6) is 0 Å². The molecule has 0 heterocycles. The van der Waals surface area contributed by atoms with Gasteiger partial charge in [-0.3, -0.25) is 9.59 Å². The number of hydrogen-bond acceptors (Lipinski definition) is 2. The molecular formula is C15H19NO3. The second-order valence-corrected chi connectivity index (χ2v) is 4.95. The molecule has 1 N–H and O–H groups in total. The molecule has 4 nitrogen and oxygen atoms in total. The maximum absolute atomic E-state index is 12.1. The molecule has 102 valence electrons. The van der Waals surface area contributed by atoms with Crippen molar-refractivity contribution in [2.45, 2.75) is 38.1 Å². The minimum atomic E-state index is -0.846. The van der Waals surface area contributed by atoms with Gasteiger partial charge in [0.2, 0.25) is 5.91 Å². The van der Waals surface area contributed by atoms with Crippen molar-refractivity contribution in [1.82, 2.24) is 4.90 Å². The van der Waals surface area contributed by atoms with E-state index in [-0.39, 0.29) is 18.4 Å². The van der Waals surface area contributed by atoms with Gasteiger partial charge in [0, 0.05) is 19.0 Å². The predicted molar refractivity (Wildman–Crippen MR) is 71.8 cm³/mol. The van der Waals surface area contributed by atoms with Crippen LogP contribution in [0.3, 0.4) is 0 Å². The summed E-state index contributed by atoms with van der Waals surface area (Å²) in [6.07, 6.45) is 3.23. The molecule has 0 aromatic heterocycles. The number of carboxylic acid groups (broad SMARTS) is 1. The van der Waals surface area contributed by atoms with E-state index in [0.717, 1.165) is 24.8 Å². The lowest BCUT2D eigenvalue weighted by atomic mass is 10.1. The van der Waals surface area contributed by atoms with Gasteiger partial charge in [-0.05, 0) is 24.8 Å². The smallest absolute Gasteiger partial charge is 0.305 e. The van der Waals surface area contributed by atoms with Crippen molar-refractivity contribution in [3.63, 3.8) is 0 Å². The molecule has 1 amide bonds. The topological polar surface area (TPSA) is 57.6 Å². The minimum absolute atomic E-state index is 0.0353. The zero-order chi connectivity index (χ0) is 13.7. The van der Waals surface area contributed by atoms with Gasteiger partial charge in [-0.2, -0.15) is 0 Å². The Hall–Kier alpha value is -1.84. The Labute approximate surface area is 113 Å². The number of amides is 1. The standard InChI is InChI=1S/C15H19NO3/c17-14(9-6-12-4-2-1-3-5-12)16(13-7-8-13)11-10-15(18)19/h1-5,13H,6-11H2,(H,18,19). The van der Waals surface area contributed by atoms with E-state index in [1.165, 1.54) is 0 Å². The molecule has 19 heavy (non-hydrogen) atoms. The number of aliphatic carboxylic acids is 1. The summed E-state index contributed by atoms with van der Waals surface area (Å²) in [4.78, 5) is 24.5. The number of benzene rings is 1. The predicted octanol–water partition coefficient (Wildman–Crippen LogP) is 2.08. The molecule has 0 atom stereocenters. The van der Waals surface area contributed by atoms with Gasteiger partial charge in [-0.25, -0.2) is 0 Å². The second-order valence-electron chi connectivity index (χ2n) is 4.95. The summed E-state index contributed by atoms with van der Waals surface area (Å²) in [6, 6.07) is 10.2. The van der Waals surface area contributed by atoms with Crippen LogP contribution in [0.2, 0.25) is 0 Å². The highest BCUT2D eigenvalue weighted by Gasteiger charge is 2.32. The quantitative estimate of drug-likeness (QED) is 0.817. The highest BCUT2D eigenvalue weighted by Crippen LogP contribution is 2.27. The van der Waals surface area contributed by atoms with E-state index in [9.17, 15) is 9.59 Å². The zero-order valence-electron chi connectivity index (χ0n) is 10.9. The highest BCUT2D eigenvalue weighted by molar-refractivity contribution is 5.78. The zero-order valence-corrected chi connectivity index (χ0v) is 10.9. The molecule has 1 aromatic carbocycles. The maximum Gasteiger partial charge on any atom is 0.305 e. The molecule has 1 aliphatic rings. The fourth-order valence-corrected chi connectivity index (χ4v) is 2.15. The Balaban J connectivity index is 1.83. The van der Waals surface area contributed by atoms with Crippen LogP contribution in [0, 0.1) is 0 Å². The molecule has 2 rings (SSSR count). The fourth-order valence-electron chi connectivity index (χ4n) is 2.15. The molecule has 1 aromatic rings. The van der Waals surface area contributed by atoms with Gasteiger partial charge in [0.1, 0.15) is 0 Å². The highest BCUT2D eigenvalue weighted by atomic mass is 16.4. The first-order chi connectivity index (χ1) is 9.16. The average molecular weight is 261 g/mol. The van der Waals surface area contributed by atoms with Crippen LogP contribution in [0.15, 0.2) is 30.3 Å². The third-order valence-corrected chi connectivity index (χ3v) is 3.34. The summed E-state index contributed by atoms with van der Waals surface area (Å²) in [7, 11) is 0. The largest absolute Gasteiger partial charge is 0.481 e. The van der Waals surface area contributed by atoms with Gasteiger partial charge in [0.25, 0.3) is 0 Å². The normalized spacial score (nSPS) is 14.1. The van der Waals surface area contributed by atoms with Crippen LogP contribution in [0.4, 0.5) is 0 Å². The van der Waals surface area contributed by atoms with E-state index < -0.39 is 5.97 Å². The number of nitrogens with zero attached hydrogens (tertiary/aromatic N) is 1. The SMILES string of the molecule is O=C(O)CCN(C(=O)CCc1ccccc1)C1CC1. The van der Waals surface area contributed by atoms with E-state index >= 15 is 0 Å². The van der Waals surface area contributed by atoms with Crippen molar-refractivity contribution in [3.8, 4) is 0 Å². The monoisotopic (exact) mass is 261 g/mol. The van der Waals surface area contributed by atoms with Crippen molar-refractivity contribution in [2.24, 2.45) is 0 Å². The number of aryl methyl sites for hydroxylation is 1. The fraction of sp³-hybridized carbons (Fsp3) is 0.467. The van der Waals surface area contributed by atoms with Gasteiger partial charge < -0.3 is 10.0 Å². The number of carbonyl (C=O) groups excluding carboxylic acids is 1. The van der Waals surface area contributed by atoms with E-state index in [1.807, 2.05) is 30.3 Å². The molecule has 0 saturated heterocycles. The summed E-state index contributed by atoms with van der Waals surface area (Å²) in [5.74, 6) is -0.769. The van der Waals surface area contributed by atoms with Crippen LogP contribution in [-0.2, 0) is 16.0 Å². The van der Waals surface area contributed by atoms with Crippen LogP contribution in [0.1, 0.15) is 31.2 Å². The number of hydrogen-bond donors (Lipinski definition) is 1. The van der Waals surface area contributed by atoms with Gasteiger partial charge >= 0.3 is 5.97 Å². The lowest BCUT2D eigenvalue weighted by molar-refractivity contribution is -0.138. The number of carboxylic acids is 1. The van der Waals surface area contributed by atoms with Crippen molar-refractivity contribution >= 4 is 11.9 Å². The van der Waals surface area contributed by atoms with Gasteiger partial charge in [0.05, 0.1) is 6.42 Å². The first-order valence-corrected chi connectivity index (χ1v) is 6.72. The van der Waals surface area contributed by atoms with E-state index in [4.69, 9.17) is 5.11 Å². The summed E-state index contributed by atoms with van der Waals surface area (Å²) in [6.45, 7) is 0.341. The Kier molecular flexibility index (Phi) is 4.55. The minimum Gasteiger partial charge on any atom is -0.481 e. The lowest BCUT2D eigenvalue weighted by Crippen LogP contribution is -2.35. The van der Waals surface area contributed by atoms with Gasteiger partial charge in [-0.15, -0.1) is 0 Å². The summed E-state index contributed by atoms with van der Waals surface area (Å²) in [5, 5.41) is 8.72. The van der Waals surface area contributed by atoms with E-state index in [1.54, 1.807) is 4.90 Å². The molecule has 0 spiro atoms. The van der Waals surface area contributed by atoms with Crippen LogP contribution in [0.25, 0.3) is 0 Å². The van der Waals surface area contributed by atoms with Crippen LogP contribution in [-0.4, -0.2) is 34.5 Å². The first-order valence-electron chi connectivity index (χ1n) is 6.72. The maximum atomic E-state index is 12.1. The molecular weight excluding hydrogens is 242 g/mol. The molecule has 0 aliphatic heterocycles. The molecule has 1 fully saturated rings. The Bertz CT molecular complexity index is 440. The molecule has 0 bridgehead atoms. The third-order valence-electron chi connectivity index (χ3n) is 3.34. The summed E-state index contributed by atoms with van der Waals surface area (Å²) >= 11 is 0. The molecule has 0 radical (unpaired) electrons. The van der Waals surface area contributed by atoms with Crippen molar-refractivity contribution in [3.05, 3.63) is 35.9 Å². The second kappa shape index (κ2) is 6.36. The first kappa shape index (κ1) is 13.6. The Morgan fingerprint density at radius 1 is 1.16 bits per heavy atom. The van der Waals surface area contributed by atoms with Gasteiger partial charge in [-0.1, -0.05) is 30.3 Å².